The number of aromatic amines is 1. The van der Waals surface area contributed by atoms with Gasteiger partial charge in [0.25, 0.3) is 5.91 Å². The standard InChI is InChI=1S/C20H23Cl2N5O6/c1-9-15(21)16(22)17(24-9)18(28)25-11-4-5-27(8-13(11)32-2)14-6-10(19(29)30)12(7-23-14)26-20(31)33-3/h6-7,11,13,24H,4-5,8H2,1-3H3,(H,25,28)(H,26,31)(H,29,30)/t11-,13+/m1/s1. The Morgan fingerprint density at radius 2 is 2.00 bits per heavy atom. The predicted octanol–water partition coefficient (Wildman–Crippen LogP) is 2.93. The molecule has 0 spiro atoms. The van der Waals surface area contributed by atoms with Gasteiger partial charge >= 0.3 is 12.1 Å². The fourth-order valence-electron chi connectivity index (χ4n) is 3.55. The SMILES string of the molecule is COC(=O)Nc1cnc(N2CC[C@@H](NC(=O)c3[nH]c(C)c(Cl)c3Cl)[C@@H](OC)C2)cc1C(=O)O. The molecule has 1 fully saturated rings. The van der Waals surface area contributed by atoms with Gasteiger partial charge in [-0.3, -0.25) is 10.1 Å². The molecule has 3 heterocycles. The number of pyridine rings is 1. The molecule has 11 nitrogen and oxygen atoms in total. The molecule has 33 heavy (non-hydrogen) atoms. The third kappa shape index (κ3) is 5.32. The van der Waals surface area contributed by atoms with Gasteiger partial charge in [0.2, 0.25) is 0 Å². The smallest absolute Gasteiger partial charge is 0.411 e. The predicted molar refractivity (Wildman–Crippen MR) is 122 cm³/mol. The molecule has 1 saturated heterocycles. The van der Waals surface area contributed by atoms with E-state index in [1.165, 1.54) is 26.5 Å². The highest BCUT2D eigenvalue weighted by atomic mass is 35.5. The molecule has 4 N–H and O–H groups in total. The van der Waals surface area contributed by atoms with Crippen molar-refractivity contribution in [1.82, 2.24) is 15.3 Å². The number of aromatic nitrogens is 2. The summed E-state index contributed by atoms with van der Waals surface area (Å²) in [5.74, 6) is -1.24. The fraction of sp³-hybridized carbons (Fsp3) is 0.400. The molecule has 1 aliphatic heterocycles. The van der Waals surface area contributed by atoms with Gasteiger partial charge in [-0.1, -0.05) is 23.2 Å². The number of aromatic carboxylic acids is 1. The minimum atomic E-state index is -1.23. The Morgan fingerprint density at radius 1 is 1.27 bits per heavy atom. The van der Waals surface area contributed by atoms with E-state index < -0.39 is 24.1 Å². The number of piperidine rings is 1. The number of amides is 2. The van der Waals surface area contributed by atoms with Crippen LogP contribution in [-0.4, -0.2) is 72.5 Å². The summed E-state index contributed by atoms with van der Waals surface area (Å²) in [7, 11) is 2.69. The summed E-state index contributed by atoms with van der Waals surface area (Å²) in [6.45, 7) is 2.53. The summed E-state index contributed by atoms with van der Waals surface area (Å²) in [4.78, 5) is 44.8. The van der Waals surface area contributed by atoms with Crippen LogP contribution in [0.5, 0.6) is 0 Å². The van der Waals surface area contributed by atoms with Crippen molar-refractivity contribution in [1.29, 1.82) is 0 Å². The molecule has 3 rings (SSSR count). The van der Waals surface area contributed by atoms with E-state index in [1.54, 1.807) is 6.92 Å². The third-order valence-electron chi connectivity index (χ3n) is 5.33. The van der Waals surface area contributed by atoms with Crippen molar-refractivity contribution in [2.24, 2.45) is 0 Å². The third-order valence-corrected chi connectivity index (χ3v) is 6.27. The van der Waals surface area contributed by atoms with Crippen LogP contribution in [0.2, 0.25) is 10.0 Å². The fourth-order valence-corrected chi connectivity index (χ4v) is 3.97. The first-order valence-corrected chi connectivity index (χ1v) is 10.6. The molecular weight excluding hydrogens is 477 g/mol. The summed E-state index contributed by atoms with van der Waals surface area (Å²) in [5, 5.41) is 15.2. The molecule has 2 aromatic rings. The number of hydrogen-bond acceptors (Lipinski definition) is 7. The van der Waals surface area contributed by atoms with Gasteiger partial charge in [0, 0.05) is 25.9 Å². The van der Waals surface area contributed by atoms with Gasteiger partial charge in [0.05, 0.1) is 46.7 Å². The van der Waals surface area contributed by atoms with Crippen molar-refractivity contribution in [3.8, 4) is 0 Å². The summed E-state index contributed by atoms with van der Waals surface area (Å²) in [5.41, 5.74) is 0.650. The molecule has 0 unspecified atom stereocenters. The monoisotopic (exact) mass is 499 g/mol. The van der Waals surface area contributed by atoms with E-state index in [4.69, 9.17) is 27.9 Å². The molecule has 1 aliphatic rings. The zero-order valence-electron chi connectivity index (χ0n) is 18.1. The number of nitrogens with zero attached hydrogens (tertiary/aromatic N) is 2. The lowest BCUT2D eigenvalue weighted by molar-refractivity contribution is 0.0538. The van der Waals surface area contributed by atoms with Crippen LogP contribution in [0.1, 0.15) is 33.0 Å². The van der Waals surface area contributed by atoms with E-state index >= 15 is 0 Å². The van der Waals surface area contributed by atoms with Crippen molar-refractivity contribution < 1.29 is 29.0 Å². The number of carbonyl (C=O) groups is 3. The van der Waals surface area contributed by atoms with Crippen molar-refractivity contribution in [2.75, 3.05) is 37.5 Å². The second-order valence-corrected chi connectivity index (χ2v) is 8.11. The number of rotatable bonds is 6. The Bertz CT molecular complexity index is 1080. The lowest BCUT2D eigenvalue weighted by Gasteiger charge is -2.38. The number of carboxylic acid groups (broad SMARTS) is 1. The summed E-state index contributed by atoms with van der Waals surface area (Å²) in [6, 6.07) is 1.04. The van der Waals surface area contributed by atoms with Gasteiger partial charge in [-0.15, -0.1) is 0 Å². The highest BCUT2D eigenvalue weighted by Crippen LogP contribution is 2.30. The van der Waals surface area contributed by atoms with Crippen LogP contribution < -0.4 is 15.5 Å². The van der Waals surface area contributed by atoms with E-state index in [0.29, 0.717) is 36.0 Å². The van der Waals surface area contributed by atoms with Crippen molar-refractivity contribution >= 4 is 52.7 Å². The minimum Gasteiger partial charge on any atom is -0.478 e. The normalized spacial score (nSPS) is 18.0. The Hall–Kier alpha value is -3.02. The number of hydrogen-bond donors (Lipinski definition) is 4. The number of anilines is 2. The zero-order chi connectivity index (χ0) is 24.3. The van der Waals surface area contributed by atoms with Crippen LogP contribution in [0.4, 0.5) is 16.3 Å². The van der Waals surface area contributed by atoms with E-state index in [9.17, 15) is 19.5 Å². The average molecular weight is 500 g/mol. The van der Waals surface area contributed by atoms with Crippen LogP contribution in [0.25, 0.3) is 0 Å². The van der Waals surface area contributed by atoms with E-state index in [0.717, 1.165) is 0 Å². The number of halogens is 2. The number of nitrogens with one attached hydrogen (secondary N) is 3. The lowest BCUT2D eigenvalue weighted by Crippen LogP contribution is -2.55. The maximum absolute atomic E-state index is 12.7. The number of ether oxygens (including phenoxy) is 2. The van der Waals surface area contributed by atoms with Crippen molar-refractivity contribution in [3.63, 3.8) is 0 Å². The molecule has 2 atom stereocenters. The first-order chi connectivity index (χ1) is 15.7. The Morgan fingerprint density at radius 3 is 2.58 bits per heavy atom. The van der Waals surface area contributed by atoms with E-state index in [1.807, 2.05) is 4.90 Å². The number of methoxy groups -OCH3 is 2. The number of carbonyl (C=O) groups excluding carboxylic acids is 2. The summed E-state index contributed by atoms with van der Waals surface area (Å²) >= 11 is 12.2. The molecular formula is C20H23Cl2N5O6. The van der Waals surface area contributed by atoms with E-state index in [-0.39, 0.29) is 28.0 Å². The highest BCUT2D eigenvalue weighted by Gasteiger charge is 2.33. The molecule has 0 saturated carbocycles. The largest absolute Gasteiger partial charge is 0.478 e. The van der Waals surface area contributed by atoms with Crippen molar-refractivity contribution in [3.05, 3.63) is 39.3 Å². The molecule has 0 bridgehead atoms. The maximum atomic E-state index is 12.7. The van der Waals surface area contributed by atoms with Crippen LogP contribution in [-0.2, 0) is 9.47 Å². The van der Waals surface area contributed by atoms with Gasteiger partial charge in [0.1, 0.15) is 11.5 Å². The maximum Gasteiger partial charge on any atom is 0.411 e. The second kappa shape index (κ2) is 10.3. The molecule has 0 aliphatic carbocycles. The molecule has 2 aromatic heterocycles. The first kappa shape index (κ1) is 24.6. The zero-order valence-corrected chi connectivity index (χ0v) is 19.6. The van der Waals surface area contributed by atoms with Crippen molar-refractivity contribution in [2.45, 2.75) is 25.5 Å². The lowest BCUT2D eigenvalue weighted by atomic mass is 10.0. The molecule has 2 amide bonds. The molecule has 0 aromatic carbocycles. The molecule has 13 heteroatoms. The van der Waals surface area contributed by atoms with Crippen LogP contribution in [0, 0.1) is 6.92 Å². The van der Waals surface area contributed by atoms with Gasteiger partial charge in [-0.25, -0.2) is 14.6 Å². The summed E-state index contributed by atoms with van der Waals surface area (Å²) in [6.07, 6.45) is 0.546. The second-order valence-electron chi connectivity index (χ2n) is 7.35. The van der Waals surface area contributed by atoms with Gasteiger partial charge in [0.15, 0.2) is 0 Å². The topological polar surface area (TPSA) is 146 Å². The van der Waals surface area contributed by atoms with Gasteiger partial charge in [-0.2, -0.15) is 0 Å². The van der Waals surface area contributed by atoms with Gasteiger partial charge in [-0.05, 0) is 19.4 Å². The number of carboxylic acids is 1. The Kier molecular flexibility index (Phi) is 7.67. The van der Waals surface area contributed by atoms with E-state index in [2.05, 4.69) is 25.3 Å². The summed E-state index contributed by atoms with van der Waals surface area (Å²) < 4.78 is 10.1. The highest BCUT2D eigenvalue weighted by molar-refractivity contribution is 6.44. The average Bonchev–Trinajstić information content (AvgIpc) is 3.06. The number of H-pyrrole nitrogens is 1. The Balaban J connectivity index is 1.74. The Labute approximate surface area is 199 Å². The minimum absolute atomic E-state index is 0.0142. The quantitative estimate of drug-likeness (QED) is 0.474. The van der Waals surface area contributed by atoms with Gasteiger partial charge < -0.3 is 29.8 Å². The molecule has 0 radical (unpaired) electrons. The first-order valence-electron chi connectivity index (χ1n) is 9.86. The van der Waals surface area contributed by atoms with Crippen LogP contribution >= 0.6 is 23.2 Å². The van der Waals surface area contributed by atoms with Crippen LogP contribution in [0.15, 0.2) is 12.3 Å². The molecule has 178 valence electrons. The number of aryl methyl sites for hydroxylation is 1. The van der Waals surface area contributed by atoms with Crippen LogP contribution in [0.3, 0.4) is 0 Å².